The molecular weight excluding hydrogens is 377 g/mol. The van der Waals surface area contributed by atoms with E-state index >= 15 is 0 Å². The number of benzene rings is 1. The summed E-state index contributed by atoms with van der Waals surface area (Å²) in [5, 5.41) is 8.51. The Morgan fingerprint density at radius 3 is 2.46 bits per heavy atom. The Morgan fingerprint density at radius 2 is 1.93 bits per heavy atom. The van der Waals surface area contributed by atoms with Gasteiger partial charge in [-0.05, 0) is 40.1 Å². The summed E-state index contributed by atoms with van der Waals surface area (Å²) in [6.45, 7) is 3.31. The zero-order valence-corrected chi connectivity index (χ0v) is 16.4. The molecule has 1 heterocycles. The van der Waals surface area contributed by atoms with Gasteiger partial charge in [-0.2, -0.15) is 13.2 Å². The summed E-state index contributed by atoms with van der Waals surface area (Å²) < 4.78 is 44.0. The number of rotatable bonds is 5. The van der Waals surface area contributed by atoms with Gasteiger partial charge in [0.25, 0.3) is 0 Å². The molecule has 7 nitrogen and oxygen atoms in total. The lowest BCUT2D eigenvalue weighted by Gasteiger charge is -2.36. The molecule has 1 aromatic carbocycles. The van der Waals surface area contributed by atoms with Crippen LogP contribution < -0.4 is 20.7 Å². The van der Waals surface area contributed by atoms with Crippen molar-refractivity contribution in [1.82, 2.24) is 20.9 Å². The van der Waals surface area contributed by atoms with Crippen molar-refractivity contribution >= 4 is 11.8 Å². The fraction of sp³-hybridized carbons (Fsp3) is 0.556. The molecule has 1 aromatic rings. The van der Waals surface area contributed by atoms with Crippen molar-refractivity contribution in [2.45, 2.75) is 44.3 Å². The second-order valence-electron chi connectivity index (χ2n) is 7.38. The Kier molecular flexibility index (Phi) is 6.24. The molecule has 0 radical (unpaired) electrons. The molecule has 0 bridgehead atoms. The van der Waals surface area contributed by atoms with E-state index in [1.165, 1.54) is 13.2 Å². The molecule has 28 heavy (non-hydrogen) atoms. The van der Waals surface area contributed by atoms with E-state index in [4.69, 9.17) is 4.74 Å². The van der Waals surface area contributed by atoms with Gasteiger partial charge < -0.3 is 15.4 Å². The highest BCUT2D eigenvalue weighted by Crippen LogP contribution is 2.36. The molecule has 1 aliphatic heterocycles. The Balaban J connectivity index is 2.23. The molecule has 2 rings (SSSR count). The fourth-order valence-electron chi connectivity index (χ4n) is 2.98. The number of carbonyl (C=O) groups is 2. The monoisotopic (exact) mass is 402 g/mol. The Labute approximate surface area is 161 Å². The van der Waals surface area contributed by atoms with Gasteiger partial charge in [-0.25, -0.2) is 0 Å². The van der Waals surface area contributed by atoms with Crippen LogP contribution in [0.3, 0.4) is 0 Å². The lowest BCUT2D eigenvalue weighted by Crippen LogP contribution is -2.66. The molecule has 0 saturated carbocycles. The zero-order chi connectivity index (χ0) is 21.3. The van der Waals surface area contributed by atoms with Gasteiger partial charge in [0, 0.05) is 5.56 Å². The summed E-state index contributed by atoms with van der Waals surface area (Å²) >= 11 is 0. The predicted molar refractivity (Wildman–Crippen MR) is 96.3 cm³/mol. The molecule has 3 N–H and O–H groups in total. The van der Waals surface area contributed by atoms with Crippen LogP contribution in [0.1, 0.15) is 31.4 Å². The van der Waals surface area contributed by atoms with Gasteiger partial charge in [-0.1, -0.05) is 6.07 Å². The average molecular weight is 402 g/mol. The van der Waals surface area contributed by atoms with E-state index < -0.39 is 35.5 Å². The van der Waals surface area contributed by atoms with Gasteiger partial charge in [-0.3, -0.25) is 19.8 Å². The highest BCUT2D eigenvalue weighted by molar-refractivity contribution is 5.90. The van der Waals surface area contributed by atoms with Crippen LogP contribution in [0.4, 0.5) is 13.2 Å². The number of carbonyl (C=O) groups excluding carboxylic acids is 2. The topological polar surface area (TPSA) is 82.7 Å². The van der Waals surface area contributed by atoms with Crippen molar-refractivity contribution in [3.05, 3.63) is 29.3 Å². The van der Waals surface area contributed by atoms with Crippen LogP contribution in [0.2, 0.25) is 0 Å². The molecular formula is C18H25F3N4O3. The fourth-order valence-corrected chi connectivity index (χ4v) is 2.98. The summed E-state index contributed by atoms with van der Waals surface area (Å²) in [6, 6.07) is 2.35. The third kappa shape index (κ3) is 4.93. The molecule has 156 valence electrons. The number of hydrogen-bond acceptors (Lipinski definition) is 5. The van der Waals surface area contributed by atoms with E-state index in [0.717, 1.165) is 12.1 Å². The first-order valence-corrected chi connectivity index (χ1v) is 8.64. The lowest BCUT2D eigenvalue weighted by molar-refractivity contribution is -0.137. The maximum absolute atomic E-state index is 12.9. The van der Waals surface area contributed by atoms with Crippen LogP contribution in [0.5, 0.6) is 5.75 Å². The standard InChI is InChI=1S/C18H25F3N4O3/c1-17(2,11-7-6-10(18(19,20)21)8-13(11)28-5)24-15(27)12-9-14(26)23-16(22-12)25(3)4/h6-8,12,16,22H,9H2,1-5H3,(H,23,26)(H,24,27). The Hall–Kier alpha value is -2.33. The molecule has 2 amide bonds. The molecule has 10 heteroatoms. The van der Waals surface area contributed by atoms with Gasteiger partial charge >= 0.3 is 6.18 Å². The summed E-state index contributed by atoms with van der Waals surface area (Å²) in [6.07, 6.45) is -5.04. The Morgan fingerprint density at radius 1 is 1.29 bits per heavy atom. The van der Waals surface area contributed by atoms with Gasteiger partial charge in [0.05, 0.1) is 30.7 Å². The molecule has 2 unspecified atom stereocenters. The van der Waals surface area contributed by atoms with E-state index in [1.807, 2.05) is 0 Å². The van der Waals surface area contributed by atoms with Crippen LogP contribution in [-0.4, -0.2) is 50.3 Å². The average Bonchev–Trinajstić information content (AvgIpc) is 2.59. The second-order valence-corrected chi connectivity index (χ2v) is 7.38. The van der Waals surface area contributed by atoms with E-state index in [2.05, 4.69) is 16.0 Å². The summed E-state index contributed by atoms with van der Waals surface area (Å²) in [5.41, 5.74) is -1.48. The summed E-state index contributed by atoms with van der Waals surface area (Å²) in [5.74, 6) is -0.697. The SMILES string of the molecule is COc1cc(C(F)(F)F)ccc1C(C)(C)NC(=O)C1CC(=O)NC(N(C)C)N1. The minimum atomic E-state index is -4.50. The summed E-state index contributed by atoms with van der Waals surface area (Å²) in [4.78, 5) is 26.3. The lowest BCUT2D eigenvalue weighted by atomic mass is 9.91. The van der Waals surface area contributed by atoms with Crippen LogP contribution in [-0.2, 0) is 21.3 Å². The third-order valence-electron chi connectivity index (χ3n) is 4.52. The molecule has 2 atom stereocenters. The van der Waals surface area contributed by atoms with Gasteiger partial charge in [-0.15, -0.1) is 0 Å². The number of alkyl halides is 3. The van der Waals surface area contributed by atoms with Crippen LogP contribution in [0, 0.1) is 0 Å². The van der Waals surface area contributed by atoms with Gasteiger partial charge in [0.1, 0.15) is 12.0 Å². The third-order valence-corrected chi connectivity index (χ3v) is 4.52. The number of methoxy groups -OCH3 is 1. The summed E-state index contributed by atoms with van der Waals surface area (Å²) in [7, 11) is 4.76. The normalized spacial score (nSPS) is 20.7. The van der Waals surface area contributed by atoms with E-state index in [0.29, 0.717) is 5.56 Å². The van der Waals surface area contributed by atoms with Crippen molar-refractivity contribution in [1.29, 1.82) is 0 Å². The first kappa shape index (κ1) is 22.0. The number of ether oxygens (including phenoxy) is 1. The smallest absolute Gasteiger partial charge is 0.416 e. The number of hydrogen-bond donors (Lipinski definition) is 3. The van der Waals surface area contributed by atoms with Crippen molar-refractivity contribution in [3.8, 4) is 5.75 Å². The van der Waals surface area contributed by atoms with E-state index in [9.17, 15) is 22.8 Å². The molecule has 1 fully saturated rings. The quantitative estimate of drug-likeness (QED) is 0.694. The van der Waals surface area contributed by atoms with E-state index in [-0.39, 0.29) is 18.1 Å². The first-order chi connectivity index (χ1) is 12.8. The highest BCUT2D eigenvalue weighted by atomic mass is 19.4. The minimum Gasteiger partial charge on any atom is -0.496 e. The van der Waals surface area contributed by atoms with Crippen molar-refractivity contribution in [3.63, 3.8) is 0 Å². The number of amides is 2. The molecule has 1 saturated heterocycles. The minimum absolute atomic E-state index is 0.0145. The Bertz CT molecular complexity index is 750. The van der Waals surface area contributed by atoms with Gasteiger partial charge in [0.15, 0.2) is 0 Å². The van der Waals surface area contributed by atoms with E-state index in [1.54, 1.807) is 32.8 Å². The molecule has 1 aliphatic rings. The largest absolute Gasteiger partial charge is 0.496 e. The second kappa shape index (κ2) is 7.96. The number of halogens is 3. The number of nitrogens with one attached hydrogen (secondary N) is 3. The zero-order valence-electron chi connectivity index (χ0n) is 16.4. The number of nitrogens with zero attached hydrogens (tertiary/aromatic N) is 1. The molecule has 0 aromatic heterocycles. The van der Waals surface area contributed by atoms with Gasteiger partial charge in [0.2, 0.25) is 11.8 Å². The maximum atomic E-state index is 12.9. The van der Waals surface area contributed by atoms with Crippen LogP contribution in [0.25, 0.3) is 0 Å². The van der Waals surface area contributed by atoms with Crippen molar-refractivity contribution in [2.75, 3.05) is 21.2 Å². The van der Waals surface area contributed by atoms with Crippen molar-refractivity contribution < 1.29 is 27.5 Å². The maximum Gasteiger partial charge on any atom is 0.416 e. The molecule has 0 spiro atoms. The molecule has 0 aliphatic carbocycles. The van der Waals surface area contributed by atoms with Crippen LogP contribution in [0.15, 0.2) is 18.2 Å². The van der Waals surface area contributed by atoms with Crippen molar-refractivity contribution in [2.24, 2.45) is 0 Å². The first-order valence-electron chi connectivity index (χ1n) is 8.64. The predicted octanol–water partition coefficient (Wildman–Crippen LogP) is 1.39. The highest BCUT2D eigenvalue weighted by Gasteiger charge is 2.36. The van der Waals surface area contributed by atoms with Crippen LogP contribution >= 0.6 is 0 Å².